The second-order valence-electron chi connectivity index (χ2n) is 25.3. The number of hydrogen-bond donors (Lipinski definition) is 6. The van der Waals surface area contributed by atoms with Crippen molar-refractivity contribution in [2.24, 2.45) is 17.8 Å². The van der Waals surface area contributed by atoms with Gasteiger partial charge in [0.15, 0.2) is 12.6 Å². The first kappa shape index (κ1) is 65.9. The van der Waals surface area contributed by atoms with Crippen molar-refractivity contribution in [1.82, 2.24) is 45.1 Å². The predicted molar refractivity (Wildman–Crippen MR) is 299 cm³/mol. The van der Waals surface area contributed by atoms with Crippen molar-refractivity contribution in [2.45, 2.75) is 244 Å². The van der Waals surface area contributed by atoms with Crippen LogP contribution in [0, 0.1) is 17.8 Å². The molecular weight excluding hydrogens is 1050 g/mol. The molecule has 0 aliphatic carbocycles. The summed E-state index contributed by atoms with van der Waals surface area (Å²) < 4.78 is 45.9. The molecule has 1 aromatic carbocycles. The summed E-state index contributed by atoms with van der Waals surface area (Å²) in [5.41, 5.74) is -1.72. The van der Waals surface area contributed by atoms with Crippen molar-refractivity contribution in [3.63, 3.8) is 0 Å². The SMILES string of the molecule is CC[C@H]1OC(=O)[C@H](C)[C@@H](O[C@H]2C[C@@](C)(OC)[C@@H](O)[C@H](C)O2)[C@H](C)[C@@H](O[C@@H]2O[C@H](C)C[C@H](N(C)CCc3cn(CCc4ccc(CN(Cc5cnn[nH]5)C(=O)OC(C)(C)C)cc4)nn3)[C@H]2O)[C@](C)(O)C[C@@H](C)CN(C)[C@H](C)[C@@H](O)[C@]1(C)O. The third kappa shape index (κ3) is 17.0. The van der Waals surface area contributed by atoms with Crippen LogP contribution in [-0.4, -0.2) is 213 Å². The minimum Gasteiger partial charge on any atom is -0.459 e. The van der Waals surface area contributed by atoms with Gasteiger partial charge in [0.05, 0.1) is 65.7 Å². The number of esters is 1. The molecule has 458 valence electrons. The number of nitrogens with zero attached hydrogens (tertiary/aromatic N) is 8. The van der Waals surface area contributed by atoms with Crippen LogP contribution in [0.15, 0.2) is 36.7 Å². The average Bonchev–Trinajstić information content (AvgIpc) is 4.18. The molecule has 6 N–H and O–H groups in total. The van der Waals surface area contributed by atoms with E-state index in [4.69, 9.17) is 33.2 Å². The fourth-order valence-corrected chi connectivity index (χ4v) is 12.0. The molecule has 5 heterocycles. The number of carbonyl (C=O) groups is 2. The number of nitrogens with one attached hydrogen (secondary N) is 1. The smallest absolute Gasteiger partial charge is 0.410 e. The molecule has 0 saturated carbocycles. The number of hydrogen-bond acceptors (Lipinski definition) is 20. The average molecular weight is 1140 g/mol. The number of rotatable bonds is 17. The van der Waals surface area contributed by atoms with Gasteiger partial charge in [-0.1, -0.05) is 55.5 Å². The van der Waals surface area contributed by atoms with E-state index in [2.05, 4.69) is 30.6 Å². The first-order valence-electron chi connectivity index (χ1n) is 28.9. The van der Waals surface area contributed by atoms with Gasteiger partial charge in [0.25, 0.3) is 0 Å². The summed E-state index contributed by atoms with van der Waals surface area (Å²) in [5, 5.41) is 79.3. The molecule has 3 aliphatic heterocycles. The lowest BCUT2D eigenvalue weighted by Gasteiger charge is -2.49. The van der Waals surface area contributed by atoms with E-state index in [0.717, 1.165) is 16.8 Å². The van der Waals surface area contributed by atoms with E-state index < -0.39 is 114 Å². The number of carbonyl (C=O) groups excluding carboxylic acids is 2. The number of aromatic nitrogens is 6. The summed E-state index contributed by atoms with van der Waals surface area (Å²) in [6, 6.07) is 7.06. The Balaban J connectivity index is 1.17. The molecule has 6 rings (SSSR count). The number of cyclic esters (lactones) is 1. The lowest BCUT2D eigenvalue weighted by molar-refractivity contribution is -0.318. The normalized spacial score (nSPS) is 36.2. The number of benzene rings is 1. The number of likely N-dealkylation sites (N-methyl/N-ethyl adjacent to an activating group) is 2. The summed E-state index contributed by atoms with van der Waals surface area (Å²) in [6.45, 7) is 25.2. The maximum atomic E-state index is 14.5. The molecule has 3 saturated heterocycles. The Hall–Kier alpha value is -4.24. The topological polar surface area (TPSA) is 282 Å². The Kier molecular flexibility index (Phi) is 22.5. The van der Waals surface area contributed by atoms with E-state index in [1.807, 2.05) is 95.7 Å². The van der Waals surface area contributed by atoms with Gasteiger partial charge in [-0.05, 0) is 126 Å². The summed E-state index contributed by atoms with van der Waals surface area (Å²) >= 11 is 0. The van der Waals surface area contributed by atoms with Crippen LogP contribution in [0.2, 0.25) is 0 Å². The summed E-state index contributed by atoms with van der Waals surface area (Å²) in [4.78, 5) is 33.2. The highest BCUT2D eigenvalue weighted by Gasteiger charge is 2.53. The van der Waals surface area contributed by atoms with Crippen LogP contribution in [0.1, 0.15) is 138 Å². The predicted octanol–water partition coefficient (Wildman–Crippen LogP) is 4.40. The molecule has 0 radical (unpaired) electrons. The zero-order chi connectivity index (χ0) is 59.9. The third-order valence-electron chi connectivity index (χ3n) is 16.9. The fourth-order valence-electron chi connectivity index (χ4n) is 12.0. The molecule has 1 amide bonds. The first-order valence-corrected chi connectivity index (χ1v) is 28.9. The highest BCUT2D eigenvalue weighted by molar-refractivity contribution is 5.73. The summed E-state index contributed by atoms with van der Waals surface area (Å²) in [6.07, 6.45) is -4.90. The van der Waals surface area contributed by atoms with Crippen molar-refractivity contribution < 1.29 is 68.3 Å². The molecule has 2 aromatic heterocycles. The van der Waals surface area contributed by atoms with Gasteiger partial charge in [0, 0.05) is 70.3 Å². The van der Waals surface area contributed by atoms with Crippen LogP contribution in [-0.2, 0) is 70.4 Å². The van der Waals surface area contributed by atoms with Gasteiger partial charge in [-0.15, -0.1) is 10.2 Å². The van der Waals surface area contributed by atoms with Crippen LogP contribution in [0.5, 0.6) is 0 Å². The van der Waals surface area contributed by atoms with E-state index in [-0.39, 0.29) is 37.8 Å². The number of aliphatic hydroxyl groups is 5. The zero-order valence-electron chi connectivity index (χ0n) is 50.9. The van der Waals surface area contributed by atoms with Crippen molar-refractivity contribution >= 4 is 12.1 Å². The summed E-state index contributed by atoms with van der Waals surface area (Å²) in [7, 11) is 5.28. The highest BCUT2D eigenvalue weighted by atomic mass is 16.7. The molecule has 0 spiro atoms. The first-order chi connectivity index (χ1) is 37.9. The van der Waals surface area contributed by atoms with Gasteiger partial charge in [0.2, 0.25) is 0 Å². The van der Waals surface area contributed by atoms with E-state index in [1.165, 1.54) is 14.0 Å². The van der Waals surface area contributed by atoms with Crippen molar-refractivity contribution in [3.05, 3.63) is 59.2 Å². The Morgan fingerprint density at radius 1 is 0.938 bits per heavy atom. The molecule has 3 fully saturated rings. The molecule has 0 unspecified atom stereocenters. The molecule has 0 bridgehead atoms. The standard InChI is InChI=1S/C58H97N9O14/c1-17-45-58(13,74)49(69)38(6)65(15)30-34(2)27-56(11,73)51(36(4)48(37(5)52(71)78-45)79-46-28-57(12,75-16)50(70)39(7)77-46)80-53-47(68)44(26-35(3)76-53)64(14)24-23-42-33-67(63-61-42)25-22-40-18-20-41(21-19-40)31-66(32-43-29-59-62-60-43)54(72)81-55(8,9)10/h18-21,29,33-39,44-51,53,68-70,73-74H,17,22-28,30-32H2,1-16H3,(H,59,60,62)/t34-,35-,36+,37-,38-,39+,44+,45-,46+,47-,48+,49-,50+,51-,53+,56-,57-,58-/m1/s1. The Morgan fingerprint density at radius 3 is 2.25 bits per heavy atom. The number of ether oxygens (including phenoxy) is 7. The second kappa shape index (κ2) is 27.6. The van der Waals surface area contributed by atoms with Gasteiger partial charge < -0.3 is 68.5 Å². The Bertz CT molecular complexity index is 2420. The molecule has 23 heteroatoms. The van der Waals surface area contributed by atoms with Crippen LogP contribution < -0.4 is 0 Å². The molecule has 81 heavy (non-hydrogen) atoms. The van der Waals surface area contributed by atoms with E-state index >= 15 is 0 Å². The molecule has 23 nitrogen and oxygen atoms in total. The largest absolute Gasteiger partial charge is 0.459 e. The fraction of sp³-hybridized carbons (Fsp3) is 0.793. The van der Waals surface area contributed by atoms with Gasteiger partial charge in [-0.3, -0.25) is 19.5 Å². The van der Waals surface area contributed by atoms with Crippen molar-refractivity contribution in [3.8, 4) is 0 Å². The second-order valence-corrected chi connectivity index (χ2v) is 25.3. The minimum absolute atomic E-state index is 0.0935. The number of amides is 1. The van der Waals surface area contributed by atoms with E-state index in [1.54, 1.807) is 52.6 Å². The number of aryl methyl sites for hydroxylation is 2. The van der Waals surface area contributed by atoms with Crippen molar-refractivity contribution in [2.75, 3.05) is 34.3 Å². The summed E-state index contributed by atoms with van der Waals surface area (Å²) in [5.74, 6) is -2.82. The van der Waals surface area contributed by atoms with Crippen LogP contribution in [0.25, 0.3) is 0 Å². The monoisotopic (exact) mass is 1140 g/mol. The number of aromatic amines is 1. The molecular formula is C58H97N9O14. The van der Waals surface area contributed by atoms with E-state index in [0.29, 0.717) is 51.1 Å². The maximum Gasteiger partial charge on any atom is 0.410 e. The highest BCUT2D eigenvalue weighted by Crippen LogP contribution is 2.40. The number of methoxy groups -OCH3 is 1. The Labute approximate surface area is 479 Å². The Morgan fingerprint density at radius 2 is 1.62 bits per heavy atom. The van der Waals surface area contributed by atoms with Crippen LogP contribution in [0.3, 0.4) is 0 Å². The molecule has 3 aromatic rings. The van der Waals surface area contributed by atoms with Crippen LogP contribution in [0.4, 0.5) is 4.79 Å². The van der Waals surface area contributed by atoms with E-state index in [9.17, 15) is 35.1 Å². The van der Waals surface area contributed by atoms with Gasteiger partial charge in [-0.2, -0.15) is 0 Å². The molecule has 3 aliphatic rings. The molecule has 18 atom stereocenters. The lowest BCUT2D eigenvalue weighted by Crippen LogP contribution is -2.61. The van der Waals surface area contributed by atoms with Crippen LogP contribution >= 0.6 is 0 Å². The minimum atomic E-state index is -1.85. The van der Waals surface area contributed by atoms with Gasteiger partial charge >= 0.3 is 12.1 Å². The third-order valence-corrected chi connectivity index (χ3v) is 16.9. The lowest BCUT2D eigenvalue weighted by atomic mass is 9.77. The number of H-pyrrole nitrogens is 1. The maximum absolute atomic E-state index is 14.5. The van der Waals surface area contributed by atoms with Gasteiger partial charge in [-0.25, -0.2) is 4.79 Å². The zero-order valence-corrected chi connectivity index (χ0v) is 50.9. The number of aliphatic hydroxyl groups excluding tert-OH is 3. The quantitative estimate of drug-likeness (QED) is 0.102. The van der Waals surface area contributed by atoms with Gasteiger partial charge in [0.1, 0.15) is 35.6 Å². The van der Waals surface area contributed by atoms with Crippen molar-refractivity contribution in [1.29, 1.82) is 0 Å².